The number of H-pyrrole nitrogens is 2. The van der Waals surface area contributed by atoms with Gasteiger partial charge in [-0.25, -0.2) is 36.2 Å². The minimum Gasteiger partial charge on any atom is -0.455 e. The molecule has 2 aliphatic heterocycles. The lowest BCUT2D eigenvalue weighted by atomic mass is 9.72. The average molecular weight is 1680 g/mol. The molecule has 4 aliphatic carbocycles. The van der Waals surface area contributed by atoms with E-state index < -0.39 is 41.7 Å². The molecule has 0 bridgehead atoms. The molecule has 2 atom stereocenters. The molecule has 16 rings (SSSR count). The summed E-state index contributed by atoms with van der Waals surface area (Å²) in [6.45, 7) is 20.1. The highest BCUT2D eigenvalue weighted by atomic mass is 35.5. The maximum absolute atomic E-state index is 14.0. The van der Waals surface area contributed by atoms with Gasteiger partial charge in [0.25, 0.3) is 43.2 Å². The fourth-order valence-electron chi connectivity index (χ4n) is 17.6. The van der Waals surface area contributed by atoms with Crippen molar-refractivity contribution >= 4 is 111 Å². The number of benzene rings is 6. The monoisotopic (exact) mass is 1670 g/mol. The van der Waals surface area contributed by atoms with Crippen LogP contribution < -0.4 is 28.7 Å². The summed E-state index contributed by atoms with van der Waals surface area (Å²) in [4.78, 5) is 76.7. The summed E-state index contributed by atoms with van der Waals surface area (Å²) in [5.74, 6) is -0.516. The number of amides is 2. The number of aromatic nitrogens is 4. The van der Waals surface area contributed by atoms with Crippen LogP contribution in [0.1, 0.15) is 134 Å². The van der Waals surface area contributed by atoms with Gasteiger partial charge >= 0.3 is 0 Å². The summed E-state index contributed by atoms with van der Waals surface area (Å²) in [6.07, 6.45) is 15.9. The smallest absolute Gasteiger partial charge is 0.274 e. The summed E-state index contributed by atoms with van der Waals surface area (Å²) >= 11 is 12.5. The predicted molar refractivity (Wildman–Crippen MR) is 461 cm³/mol. The molecule has 4 aromatic heterocycles. The Labute approximate surface area is 697 Å². The molecule has 6 aliphatic rings. The third kappa shape index (κ3) is 18.8. The maximum atomic E-state index is 14.0. The van der Waals surface area contributed by atoms with Crippen LogP contribution in [0.4, 0.5) is 22.7 Å². The van der Waals surface area contributed by atoms with Crippen LogP contribution in [0.3, 0.4) is 0 Å². The molecule has 10 aromatic rings. The zero-order valence-electron chi connectivity index (χ0n) is 67.2. The highest BCUT2D eigenvalue weighted by Crippen LogP contribution is 2.47. The first-order chi connectivity index (χ1) is 56.3. The van der Waals surface area contributed by atoms with E-state index >= 15 is 0 Å². The number of carbonyl (C=O) groups is 2. The molecule has 6 aromatic carbocycles. The SMILES string of the molecule is CC[C@@H]1Cc2cc(S(=O)(=O)NC(=O)c3ccc(N4CCN(CC5=C(c6ccc(Cl)cc6)CC(C)(C)CC5)CC4)cc3Oc3cnc4[nH]ccc4c3)cc([N+](=O)[O-])c2C1.CN(C)C[C@@H]1Cc2cc(S(=O)(=O)NC(=O)c3ccc(N4CCN(CC5=C(c6ccc(Cl)cc6)CC(C)(C)CC5)CC4)cc3Oc3cnc4[nH]ccc4c3)cc([N+](=O)[O-])c2C1. The number of piperazine rings is 2. The van der Waals surface area contributed by atoms with Crippen molar-refractivity contribution in [3.05, 3.63) is 244 Å². The van der Waals surface area contributed by atoms with Gasteiger partial charge in [-0.05, 0) is 219 Å². The number of sulfonamides is 2. The van der Waals surface area contributed by atoms with E-state index in [4.69, 9.17) is 32.7 Å². The van der Waals surface area contributed by atoms with Crippen molar-refractivity contribution in [1.29, 1.82) is 0 Å². The first kappa shape index (κ1) is 82.6. The number of aromatic amines is 2. The number of nitrogens with zero attached hydrogens (tertiary/aromatic N) is 9. The summed E-state index contributed by atoms with van der Waals surface area (Å²) in [6, 6.07) is 38.9. The Kier molecular flexibility index (Phi) is 23.8. The first-order valence-electron chi connectivity index (χ1n) is 40.1. The molecule has 0 saturated carbocycles. The van der Waals surface area contributed by atoms with Gasteiger partial charge in [-0.2, -0.15) is 0 Å². The second-order valence-corrected chi connectivity index (χ2v) is 38.1. The fourth-order valence-corrected chi connectivity index (χ4v) is 19.9. The summed E-state index contributed by atoms with van der Waals surface area (Å²) < 4.78 is 72.1. The number of nitrogens with one attached hydrogen (secondary N) is 4. The van der Waals surface area contributed by atoms with Crippen LogP contribution in [0.15, 0.2) is 179 Å². The number of nitro groups is 2. The summed E-state index contributed by atoms with van der Waals surface area (Å²) in [5.41, 5.74) is 13.5. The van der Waals surface area contributed by atoms with Gasteiger partial charge in [-0.15, -0.1) is 0 Å². The maximum Gasteiger partial charge on any atom is 0.274 e. The molecular formula is C89H97Cl2N13O12S2. The summed E-state index contributed by atoms with van der Waals surface area (Å²) in [5, 5.41) is 27.2. The molecule has 2 amide bonds. The van der Waals surface area contributed by atoms with Crippen molar-refractivity contribution in [1.82, 2.24) is 44.1 Å². The van der Waals surface area contributed by atoms with Crippen LogP contribution in [0.5, 0.6) is 23.0 Å². The Morgan fingerprint density at radius 2 is 0.958 bits per heavy atom. The number of rotatable bonds is 23. The Morgan fingerprint density at radius 3 is 1.36 bits per heavy atom. The van der Waals surface area contributed by atoms with Crippen LogP contribution in [-0.2, 0) is 45.7 Å². The number of carbonyl (C=O) groups excluding carboxylic acids is 2. The van der Waals surface area contributed by atoms with Crippen LogP contribution in [-0.4, -0.2) is 159 Å². The van der Waals surface area contributed by atoms with Gasteiger partial charge in [-0.3, -0.25) is 39.6 Å². The quantitative estimate of drug-likeness (QED) is 0.0342. The number of halogens is 2. The number of hydrogen-bond acceptors (Lipinski definition) is 19. The van der Waals surface area contributed by atoms with E-state index in [0.29, 0.717) is 77.3 Å². The molecule has 25 nitrogen and oxygen atoms in total. The molecule has 0 radical (unpaired) electrons. The van der Waals surface area contributed by atoms with Crippen LogP contribution in [0.2, 0.25) is 10.0 Å². The number of fused-ring (bicyclic) bond motifs is 4. The van der Waals surface area contributed by atoms with Gasteiger partial charge in [0.2, 0.25) is 0 Å². The fraction of sp³-hybridized carbons (Fsp3) is 0.371. The molecule has 4 N–H and O–H groups in total. The van der Waals surface area contributed by atoms with Crippen LogP contribution in [0.25, 0.3) is 33.2 Å². The molecule has 29 heteroatoms. The lowest BCUT2D eigenvalue weighted by Crippen LogP contribution is -2.47. The van der Waals surface area contributed by atoms with Crippen LogP contribution in [0, 0.1) is 42.9 Å². The summed E-state index contributed by atoms with van der Waals surface area (Å²) in [7, 11) is -5.17. The minimum absolute atomic E-state index is 0.0104. The van der Waals surface area contributed by atoms with Crippen molar-refractivity contribution in [2.45, 2.75) is 115 Å². The number of nitro benzene ring substituents is 2. The van der Waals surface area contributed by atoms with Gasteiger partial charge < -0.3 is 34.1 Å². The number of anilines is 2. The molecule has 6 heterocycles. The van der Waals surface area contributed by atoms with E-state index in [1.165, 1.54) is 57.9 Å². The molecule has 118 heavy (non-hydrogen) atoms. The second kappa shape index (κ2) is 34.1. The average Bonchev–Trinajstić information content (AvgIpc) is 1.55. The zero-order valence-corrected chi connectivity index (χ0v) is 70.4. The van der Waals surface area contributed by atoms with Crippen LogP contribution >= 0.6 is 23.2 Å². The van der Waals surface area contributed by atoms with E-state index in [1.807, 2.05) is 62.3 Å². The third-order valence-electron chi connectivity index (χ3n) is 23.9. The van der Waals surface area contributed by atoms with Crippen molar-refractivity contribution < 1.29 is 45.7 Å². The molecule has 2 fully saturated rings. The number of hydrogen-bond donors (Lipinski definition) is 4. The topological polar surface area (TPSA) is 305 Å². The van der Waals surface area contributed by atoms with Gasteiger partial charge in [-0.1, -0.05) is 99.7 Å². The largest absolute Gasteiger partial charge is 0.455 e. The number of allylic oxidation sites excluding steroid dienone is 2. The Balaban J connectivity index is 0.000000185. The molecular weight excluding hydrogens is 1580 g/mol. The number of ether oxygens (including phenoxy) is 2. The zero-order chi connectivity index (χ0) is 83.1. The highest BCUT2D eigenvalue weighted by Gasteiger charge is 2.38. The van der Waals surface area contributed by atoms with Crippen molar-refractivity contribution in [3.8, 4) is 23.0 Å². The third-order valence-corrected chi connectivity index (χ3v) is 27.1. The Hall–Kier alpha value is -10.5. The highest BCUT2D eigenvalue weighted by molar-refractivity contribution is 7.90. The lowest BCUT2D eigenvalue weighted by Gasteiger charge is -2.39. The molecule has 0 spiro atoms. The van der Waals surface area contributed by atoms with Crippen molar-refractivity contribution in [2.75, 3.05) is 95.9 Å². The van der Waals surface area contributed by atoms with E-state index in [-0.39, 0.29) is 66.5 Å². The first-order valence-corrected chi connectivity index (χ1v) is 43.9. The molecule has 0 unspecified atom stereocenters. The van der Waals surface area contributed by atoms with Crippen molar-refractivity contribution in [3.63, 3.8) is 0 Å². The number of pyridine rings is 2. The lowest BCUT2D eigenvalue weighted by molar-refractivity contribution is -0.385. The van der Waals surface area contributed by atoms with E-state index in [1.54, 1.807) is 60.9 Å². The van der Waals surface area contributed by atoms with Gasteiger partial charge in [0.05, 0.1) is 43.2 Å². The second-order valence-electron chi connectivity index (χ2n) is 33.9. The normalized spacial score (nSPS) is 18.3. The Bertz CT molecular complexity index is 5850. The van der Waals surface area contributed by atoms with E-state index in [2.05, 4.69) is 101 Å². The van der Waals surface area contributed by atoms with Crippen molar-refractivity contribution in [2.24, 2.45) is 22.7 Å². The standard InChI is InChI=1S/C45H50ClN7O6S.C44H47ClN6O6S/c1-45(2)13-11-32(40(25-45)30-5-7-34(46)8-6-30)28-51-15-17-52(18-16-51)35-9-10-38(42(23-35)59-36-21-31-12-14-47-43(31)48-26-36)44(54)49-60(57,58)37-22-33-19-29(27-50(3)4)20-39(33)41(24-37)53(55)56;1-4-28-19-32-22-36(24-40(51(53)54)38(32)20-28)58(55,56)48-43(52)37-10-9-34(23-41(37)57-35-21-30-12-14-46-42(30)47-26-35)50-17-15-49(16-18-50)27-31-11-13-44(2,3)25-39(31)29-5-7-33(45)8-6-29/h5-10,12,14,21-24,26,29H,11,13,15-20,25,27-28H2,1-4H3,(H,47,48)(H,49,54);5-10,12,14,21-24,26,28H,4,11,13,15-20,25,27H2,1-3H3,(H,46,47)(H,48,52)/t29-;28-/m11/s1. The molecule has 2 saturated heterocycles. The van der Waals surface area contributed by atoms with E-state index in [9.17, 15) is 46.7 Å². The molecule has 616 valence electrons. The minimum atomic E-state index is -4.53. The van der Waals surface area contributed by atoms with Gasteiger partial charge in [0, 0.05) is 152 Å². The van der Waals surface area contributed by atoms with Gasteiger partial charge in [0.1, 0.15) is 34.3 Å². The van der Waals surface area contributed by atoms with E-state index in [0.717, 1.165) is 155 Å². The Morgan fingerprint density at radius 1 is 0.551 bits per heavy atom. The predicted octanol–water partition coefficient (Wildman–Crippen LogP) is 17.0. The van der Waals surface area contributed by atoms with Gasteiger partial charge in [0.15, 0.2) is 0 Å².